The molecule has 1 aromatic heterocycles. The lowest BCUT2D eigenvalue weighted by atomic mass is 9.92. The van der Waals surface area contributed by atoms with E-state index >= 15 is 0 Å². The van der Waals surface area contributed by atoms with Gasteiger partial charge >= 0.3 is 0 Å². The molecule has 0 radical (unpaired) electrons. The van der Waals surface area contributed by atoms with Crippen molar-refractivity contribution in [3.8, 4) is 11.1 Å². The molecule has 0 aliphatic heterocycles. The van der Waals surface area contributed by atoms with E-state index in [-0.39, 0.29) is 23.3 Å². The highest BCUT2D eigenvalue weighted by Gasteiger charge is 2.22. The average Bonchev–Trinajstić information content (AvgIpc) is 2.83. The molecule has 1 unspecified atom stereocenters. The number of hydrogen-bond acceptors (Lipinski definition) is 4. The average molecular weight is 473 g/mol. The van der Waals surface area contributed by atoms with Gasteiger partial charge in [-0.3, -0.25) is 9.78 Å². The maximum atomic E-state index is 13.4. The van der Waals surface area contributed by atoms with Gasteiger partial charge in [-0.05, 0) is 54.3 Å². The van der Waals surface area contributed by atoms with Gasteiger partial charge in [-0.25, -0.2) is 8.42 Å². The van der Waals surface area contributed by atoms with E-state index in [0.29, 0.717) is 0 Å². The van der Waals surface area contributed by atoms with Gasteiger partial charge in [-0.1, -0.05) is 60.7 Å². The van der Waals surface area contributed by atoms with Gasteiger partial charge in [0.2, 0.25) is 5.91 Å². The number of likely N-dealkylation sites (N-methyl/N-ethyl adjacent to an activating group) is 1. The van der Waals surface area contributed by atoms with Crippen LogP contribution >= 0.6 is 0 Å². The molecule has 0 fully saturated rings. The molecule has 1 heterocycles. The molecule has 0 aliphatic rings. The van der Waals surface area contributed by atoms with E-state index < -0.39 is 9.84 Å². The molecule has 4 aromatic rings. The number of aromatic nitrogens is 1. The van der Waals surface area contributed by atoms with Crippen molar-refractivity contribution in [1.29, 1.82) is 0 Å². The summed E-state index contributed by atoms with van der Waals surface area (Å²) in [6.45, 7) is 3.89. The maximum Gasteiger partial charge on any atom is 0.227 e. The summed E-state index contributed by atoms with van der Waals surface area (Å²) in [5.41, 5.74) is 5.63. The topological polar surface area (TPSA) is 67.3 Å². The van der Waals surface area contributed by atoms with Crippen molar-refractivity contribution in [2.75, 3.05) is 13.3 Å². The summed E-state index contributed by atoms with van der Waals surface area (Å²) in [6, 6.07) is 24.6. The first-order valence-corrected chi connectivity index (χ1v) is 13.1. The van der Waals surface area contributed by atoms with Crippen LogP contribution in [-0.2, 0) is 21.1 Å². The number of carbonyl (C=O) groups is 1. The Balaban J connectivity index is 1.68. The first kappa shape index (κ1) is 23.6. The predicted molar refractivity (Wildman–Crippen MR) is 136 cm³/mol. The Hall–Kier alpha value is -3.51. The third-order valence-electron chi connectivity index (χ3n) is 6.36. The molecular formula is C28H28N2O3S. The van der Waals surface area contributed by atoms with E-state index in [1.165, 1.54) is 6.26 Å². The van der Waals surface area contributed by atoms with Crippen LogP contribution in [-0.4, -0.2) is 37.5 Å². The van der Waals surface area contributed by atoms with Gasteiger partial charge in [0.15, 0.2) is 9.84 Å². The lowest BCUT2D eigenvalue weighted by Gasteiger charge is -2.26. The molecule has 34 heavy (non-hydrogen) atoms. The van der Waals surface area contributed by atoms with Gasteiger partial charge < -0.3 is 4.90 Å². The van der Waals surface area contributed by atoms with Gasteiger partial charge in [-0.15, -0.1) is 0 Å². The Bertz CT molecular complexity index is 1450. The van der Waals surface area contributed by atoms with Gasteiger partial charge in [-0.2, -0.15) is 0 Å². The van der Waals surface area contributed by atoms with Gasteiger partial charge in [0.25, 0.3) is 0 Å². The molecule has 0 bridgehead atoms. The molecule has 0 saturated heterocycles. The van der Waals surface area contributed by atoms with E-state index in [0.717, 1.165) is 38.9 Å². The fraction of sp³-hybridized carbons (Fsp3) is 0.214. The second kappa shape index (κ2) is 9.39. The van der Waals surface area contributed by atoms with E-state index in [2.05, 4.69) is 12.1 Å². The van der Waals surface area contributed by atoms with Crippen LogP contribution in [0.15, 0.2) is 83.8 Å². The normalized spacial score (nSPS) is 12.5. The first-order chi connectivity index (χ1) is 16.2. The maximum absolute atomic E-state index is 13.4. The quantitative estimate of drug-likeness (QED) is 0.378. The van der Waals surface area contributed by atoms with Crippen molar-refractivity contribution in [1.82, 2.24) is 9.88 Å². The molecule has 0 spiro atoms. The zero-order valence-electron chi connectivity index (χ0n) is 19.8. The van der Waals surface area contributed by atoms with Crippen LogP contribution in [0.1, 0.15) is 29.8 Å². The summed E-state index contributed by atoms with van der Waals surface area (Å²) in [5.74, 6) is -0.0305. The zero-order valence-corrected chi connectivity index (χ0v) is 20.6. The minimum atomic E-state index is -3.26. The van der Waals surface area contributed by atoms with Crippen molar-refractivity contribution in [3.63, 3.8) is 0 Å². The van der Waals surface area contributed by atoms with Crippen molar-refractivity contribution in [2.45, 2.75) is 31.2 Å². The number of aryl methyl sites for hydroxylation is 1. The molecule has 1 amide bonds. The van der Waals surface area contributed by atoms with Gasteiger partial charge in [0.05, 0.1) is 22.9 Å². The smallest absolute Gasteiger partial charge is 0.227 e. The molecule has 0 aliphatic carbocycles. The lowest BCUT2D eigenvalue weighted by Crippen LogP contribution is -2.31. The number of fused-ring (bicyclic) bond motifs is 1. The summed E-state index contributed by atoms with van der Waals surface area (Å²) in [4.78, 5) is 20.2. The molecule has 5 nitrogen and oxygen atoms in total. The minimum Gasteiger partial charge on any atom is -0.339 e. The summed E-state index contributed by atoms with van der Waals surface area (Å²) in [5, 5.41) is 1.02. The van der Waals surface area contributed by atoms with Crippen LogP contribution in [0.25, 0.3) is 22.0 Å². The second-order valence-electron chi connectivity index (χ2n) is 8.63. The molecule has 0 saturated carbocycles. The van der Waals surface area contributed by atoms with Gasteiger partial charge in [0.1, 0.15) is 0 Å². The lowest BCUT2D eigenvalue weighted by molar-refractivity contribution is -0.131. The Morgan fingerprint density at radius 1 is 0.941 bits per heavy atom. The summed E-state index contributed by atoms with van der Waals surface area (Å²) in [6.07, 6.45) is 1.40. The number of hydrogen-bond donors (Lipinski definition) is 0. The van der Waals surface area contributed by atoms with E-state index in [9.17, 15) is 13.2 Å². The van der Waals surface area contributed by atoms with E-state index in [1.807, 2.05) is 56.3 Å². The highest BCUT2D eigenvalue weighted by atomic mass is 32.2. The Kier molecular flexibility index (Phi) is 6.53. The number of sulfone groups is 1. The van der Waals surface area contributed by atoms with Gasteiger partial charge in [0, 0.05) is 24.4 Å². The Morgan fingerprint density at radius 3 is 2.21 bits per heavy atom. The fourth-order valence-electron chi connectivity index (χ4n) is 4.23. The molecule has 0 N–H and O–H groups in total. The minimum absolute atomic E-state index is 0.0305. The number of pyridine rings is 1. The fourth-order valence-corrected chi connectivity index (χ4v) is 4.86. The largest absolute Gasteiger partial charge is 0.339 e. The summed E-state index contributed by atoms with van der Waals surface area (Å²) < 4.78 is 23.5. The highest BCUT2D eigenvalue weighted by Crippen LogP contribution is 2.34. The number of carbonyl (C=O) groups excluding carboxylic acids is 1. The molecule has 174 valence electrons. The highest BCUT2D eigenvalue weighted by molar-refractivity contribution is 7.90. The van der Waals surface area contributed by atoms with E-state index in [1.54, 1.807) is 36.2 Å². The summed E-state index contributed by atoms with van der Waals surface area (Å²) in [7, 11) is -1.48. The van der Waals surface area contributed by atoms with Crippen molar-refractivity contribution < 1.29 is 13.2 Å². The second-order valence-corrected chi connectivity index (χ2v) is 10.6. The number of nitrogens with zero attached hydrogens (tertiary/aromatic N) is 2. The number of benzene rings is 3. The standard InChI is InChI=1S/C28H28N2O3S/c1-19-25(28(22-10-6-5-7-11-22)24-12-8-9-13-26(24)29-19)18-27(31)30(3)20(2)21-14-16-23(17-15-21)34(4,32)33/h5-17,20H,18H2,1-4H3. The van der Waals surface area contributed by atoms with Crippen molar-refractivity contribution >= 4 is 26.6 Å². The predicted octanol–water partition coefficient (Wildman–Crippen LogP) is 5.38. The van der Waals surface area contributed by atoms with Crippen LogP contribution in [0, 0.1) is 6.92 Å². The first-order valence-electron chi connectivity index (χ1n) is 11.2. The molecule has 4 rings (SSSR count). The van der Waals surface area contributed by atoms with Crippen molar-refractivity contribution in [2.24, 2.45) is 0 Å². The van der Waals surface area contributed by atoms with Crippen molar-refractivity contribution in [3.05, 3.63) is 95.7 Å². The third kappa shape index (κ3) is 4.73. The Morgan fingerprint density at radius 2 is 1.56 bits per heavy atom. The monoisotopic (exact) mass is 472 g/mol. The molecule has 1 atom stereocenters. The number of rotatable bonds is 6. The zero-order chi connectivity index (χ0) is 24.5. The Labute approximate surface area is 201 Å². The summed E-state index contributed by atoms with van der Waals surface area (Å²) >= 11 is 0. The van der Waals surface area contributed by atoms with Crippen LogP contribution in [0.2, 0.25) is 0 Å². The van der Waals surface area contributed by atoms with Crippen LogP contribution in [0.4, 0.5) is 0 Å². The molecule has 3 aromatic carbocycles. The number of amides is 1. The molecule has 6 heteroatoms. The van der Waals surface area contributed by atoms with Crippen LogP contribution < -0.4 is 0 Å². The van der Waals surface area contributed by atoms with Crippen LogP contribution in [0.3, 0.4) is 0 Å². The molecular weight excluding hydrogens is 444 g/mol. The number of para-hydroxylation sites is 1. The SMILES string of the molecule is Cc1nc2ccccc2c(-c2ccccc2)c1CC(=O)N(C)C(C)c1ccc(S(C)(=O)=O)cc1. The third-order valence-corrected chi connectivity index (χ3v) is 7.48. The van der Waals surface area contributed by atoms with E-state index in [4.69, 9.17) is 4.98 Å². The van der Waals surface area contributed by atoms with Crippen LogP contribution in [0.5, 0.6) is 0 Å².